The number of nitrogens with one attached hydrogen (secondary N) is 1. The fourth-order valence-electron chi connectivity index (χ4n) is 3.02. The molecule has 2 saturated carbocycles. The summed E-state index contributed by atoms with van der Waals surface area (Å²) in [5.74, 6) is 2.26. The van der Waals surface area contributed by atoms with E-state index in [1.807, 2.05) is 0 Å². The van der Waals surface area contributed by atoms with Crippen LogP contribution in [0.25, 0.3) is 0 Å². The summed E-state index contributed by atoms with van der Waals surface area (Å²) in [5.41, 5.74) is 0. The van der Waals surface area contributed by atoms with Crippen molar-refractivity contribution in [3.8, 4) is 0 Å². The molecule has 0 aliphatic heterocycles. The molecular formula is C12H21NO. The number of amides is 1. The minimum absolute atomic E-state index is 0.326. The molecule has 0 saturated heterocycles. The Labute approximate surface area is 86.5 Å². The van der Waals surface area contributed by atoms with Gasteiger partial charge in [-0.15, -0.1) is 0 Å². The summed E-state index contributed by atoms with van der Waals surface area (Å²) in [6.07, 6.45) is 6.18. The fraction of sp³-hybridized carbons (Fsp3) is 0.917. The lowest BCUT2D eigenvalue weighted by molar-refractivity contribution is -0.127. The first-order valence-corrected chi connectivity index (χ1v) is 6.01. The zero-order valence-electron chi connectivity index (χ0n) is 9.25. The van der Waals surface area contributed by atoms with Gasteiger partial charge in [0.15, 0.2) is 0 Å². The maximum Gasteiger partial charge on any atom is 0.223 e. The Hall–Kier alpha value is -0.530. The average molecular weight is 195 g/mol. The molecule has 2 bridgehead atoms. The highest BCUT2D eigenvalue weighted by atomic mass is 16.2. The van der Waals surface area contributed by atoms with E-state index >= 15 is 0 Å². The molecule has 2 aliphatic rings. The molecule has 4 atom stereocenters. The number of carbonyl (C=O) groups excluding carboxylic acids is 1. The molecule has 80 valence electrons. The van der Waals surface area contributed by atoms with Gasteiger partial charge in [-0.3, -0.25) is 4.79 Å². The van der Waals surface area contributed by atoms with Crippen molar-refractivity contribution in [1.29, 1.82) is 0 Å². The molecule has 2 nitrogen and oxygen atoms in total. The number of fused-ring (bicyclic) bond motifs is 2. The Kier molecular flexibility index (Phi) is 2.80. The summed E-state index contributed by atoms with van der Waals surface area (Å²) < 4.78 is 0. The average Bonchev–Trinajstić information content (AvgIpc) is 2.78. The summed E-state index contributed by atoms with van der Waals surface area (Å²) in [6.45, 7) is 4.21. The second-order valence-corrected chi connectivity index (χ2v) is 5.10. The molecule has 2 rings (SSSR count). The molecule has 0 spiro atoms. The number of hydrogen-bond donors (Lipinski definition) is 1. The summed E-state index contributed by atoms with van der Waals surface area (Å²) in [7, 11) is 0. The van der Waals surface area contributed by atoms with Gasteiger partial charge in [-0.2, -0.15) is 0 Å². The zero-order valence-corrected chi connectivity index (χ0v) is 9.25. The molecule has 4 unspecified atom stereocenters. The van der Waals surface area contributed by atoms with Crippen molar-refractivity contribution in [2.75, 3.05) is 0 Å². The number of carbonyl (C=O) groups is 1. The van der Waals surface area contributed by atoms with Crippen molar-refractivity contribution in [2.24, 2.45) is 17.8 Å². The molecule has 0 aromatic heterocycles. The van der Waals surface area contributed by atoms with E-state index in [0.717, 1.165) is 18.8 Å². The highest BCUT2D eigenvalue weighted by Crippen LogP contribution is 2.48. The zero-order chi connectivity index (χ0) is 10.1. The van der Waals surface area contributed by atoms with E-state index in [2.05, 4.69) is 19.2 Å². The molecule has 0 radical (unpaired) electrons. The van der Waals surface area contributed by atoms with Crippen LogP contribution < -0.4 is 5.32 Å². The van der Waals surface area contributed by atoms with Gasteiger partial charge >= 0.3 is 0 Å². The summed E-state index contributed by atoms with van der Waals surface area (Å²) in [4.78, 5) is 11.9. The van der Waals surface area contributed by atoms with Gasteiger partial charge in [0.25, 0.3) is 0 Å². The van der Waals surface area contributed by atoms with Gasteiger partial charge < -0.3 is 5.32 Å². The Morgan fingerprint density at radius 1 is 1.43 bits per heavy atom. The van der Waals surface area contributed by atoms with Gasteiger partial charge in [-0.05, 0) is 44.4 Å². The Balaban J connectivity index is 1.87. The number of rotatable bonds is 3. The second-order valence-electron chi connectivity index (χ2n) is 5.10. The Morgan fingerprint density at radius 3 is 2.71 bits per heavy atom. The third kappa shape index (κ3) is 1.79. The maximum absolute atomic E-state index is 11.9. The summed E-state index contributed by atoms with van der Waals surface area (Å²) >= 11 is 0. The quantitative estimate of drug-likeness (QED) is 0.735. The van der Waals surface area contributed by atoms with E-state index < -0.39 is 0 Å². The van der Waals surface area contributed by atoms with Crippen LogP contribution in [0.5, 0.6) is 0 Å². The first kappa shape index (κ1) is 10.0. The normalized spacial score (nSPS) is 37.1. The van der Waals surface area contributed by atoms with Crippen LogP contribution in [-0.4, -0.2) is 11.9 Å². The molecule has 1 amide bonds. The van der Waals surface area contributed by atoms with Crippen LogP contribution in [0.1, 0.15) is 46.0 Å². The Bertz CT molecular complexity index is 226. The molecule has 1 N–H and O–H groups in total. The van der Waals surface area contributed by atoms with E-state index in [1.165, 1.54) is 19.3 Å². The fourth-order valence-corrected chi connectivity index (χ4v) is 3.02. The highest BCUT2D eigenvalue weighted by Gasteiger charge is 2.43. The lowest BCUT2D eigenvalue weighted by Gasteiger charge is -2.22. The van der Waals surface area contributed by atoms with Crippen molar-refractivity contribution >= 4 is 5.91 Å². The van der Waals surface area contributed by atoms with Gasteiger partial charge in [0.1, 0.15) is 0 Å². The predicted octanol–water partition coefficient (Wildman–Crippen LogP) is 2.34. The largest absolute Gasteiger partial charge is 0.353 e. The molecule has 0 aromatic rings. The third-order valence-electron chi connectivity index (χ3n) is 4.08. The standard InChI is InChI=1S/C12H21NO/c1-3-8(2)13-12(14)11-7-9-4-5-10(11)6-9/h8-11H,3-7H2,1-2H3,(H,13,14). The minimum atomic E-state index is 0.326. The van der Waals surface area contributed by atoms with Crippen LogP contribution in [0.15, 0.2) is 0 Å². The van der Waals surface area contributed by atoms with Gasteiger partial charge in [0, 0.05) is 12.0 Å². The molecule has 14 heavy (non-hydrogen) atoms. The molecule has 2 heteroatoms. The van der Waals surface area contributed by atoms with Crippen molar-refractivity contribution < 1.29 is 4.79 Å². The van der Waals surface area contributed by atoms with Crippen LogP contribution in [0.2, 0.25) is 0 Å². The van der Waals surface area contributed by atoms with Crippen molar-refractivity contribution in [3.63, 3.8) is 0 Å². The van der Waals surface area contributed by atoms with E-state index in [-0.39, 0.29) is 0 Å². The smallest absolute Gasteiger partial charge is 0.223 e. The van der Waals surface area contributed by atoms with Gasteiger partial charge in [0.05, 0.1) is 0 Å². The van der Waals surface area contributed by atoms with Gasteiger partial charge in [-0.25, -0.2) is 0 Å². The van der Waals surface area contributed by atoms with E-state index in [1.54, 1.807) is 0 Å². The molecule has 0 heterocycles. The van der Waals surface area contributed by atoms with Crippen molar-refractivity contribution in [2.45, 2.75) is 52.0 Å². The lowest BCUT2D eigenvalue weighted by Crippen LogP contribution is -2.38. The van der Waals surface area contributed by atoms with Crippen LogP contribution in [0.4, 0.5) is 0 Å². The predicted molar refractivity (Wildman–Crippen MR) is 56.8 cm³/mol. The van der Waals surface area contributed by atoms with Crippen LogP contribution >= 0.6 is 0 Å². The van der Waals surface area contributed by atoms with Crippen molar-refractivity contribution in [1.82, 2.24) is 5.32 Å². The first-order chi connectivity index (χ1) is 6.70. The van der Waals surface area contributed by atoms with Gasteiger partial charge in [-0.1, -0.05) is 13.3 Å². The van der Waals surface area contributed by atoms with E-state index in [9.17, 15) is 4.79 Å². The van der Waals surface area contributed by atoms with E-state index in [4.69, 9.17) is 0 Å². The second kappa shape index (κ2) is 3.92. The van der Waals surface area contributed by atoms with Crippen LogP contribution in [-0.2, 0) is 4.79 Å². The maximum atomic E-state index is 11.9. The van der Waals surface area contributed by atoms with Crippen LogP contribution in [0.3, 0.4) is 0 Å². The topological polar surface area (TPSA) is 29.1 Å². The van der Waals surface area contributed by atoms with E-state index in [0.29, 0.717) is 23.8 Å². The molecular weight excluding hydrogens is 174 g/mol. The molecule has 2 fully saturated rings. The number of hydrogen-bond acceptors (Lipinski definition) is 1. The third-order valence-corrected chi connectivity index (χ3v) is 4.08. The lowest BCUT2D eigenvalue weighted by atomic mass is 9.88. The summed E-state index contributed by atoms with van der Waals surface area (Å²) in [6, 6.07) is 0.349. The monoisotopic (exact) mass is 195 g/mol. The molecule has 0 aromatic carbocycles. The summed E-state index contributed by atoms with van der Waals surface area (Å²) in [5, 5.41) is 3.12. The molecule has 2 aliphatic carbocycles. The minimum Gasteiger partial charge on any atom is -0.353 e. The highest BCUT2D eigenvalue weighted by molar-refractivity contribution is 5.79. The first-order valence-electron chi connectivity index (χ1n) is 6.01. The van der Waals surface area contributed by atoms with Crippen molar-refractivity contribution in [3.05, 3.63) is 0 Å². The SMILES string of the molecule is CCC(C)NC(=O)C1CC2CCC1C2. The van der Waals surface area contributed by atoms with Gasteiger partial charge in [0.2, 0.25) is 5.91 Å². The van der Waals surface area contributed by atoms with Crippen LogP contribution in [0, 0.1) is 17.8 Å². The Morgan fingerprint density at radius 2 is 2.21 bits per heavy atom.